The van der Waals surface area contributed by atoms with E-state index in [0.29, 0.717) is 50.8 Å². The molecule has 0 heterocycles. The summed E-state index contributed by atoms with van der Waals surface area (Å²) >= 11 is 0. The molecule has 0 radical (unpaired) electrons. The standard InChI is InChI=1S/C26H33F4N3O3S/c1-33(2)15-12-20(11-8-18-6-9-19(27)10-7-18)31-24-22(28)16-21(17-23(24)29)37(35,36)32-25(34)26(30)13-4-3-5-14-26/h6-7,9-10,16-17,20,31H,3-5,8,11-15H2,1-2H3,(H,32,34)/t20-/m0/s1. The van der Waals surface area contributed by atoms with E-state index < -0.39 is 43.8 Å². The maximum absolute atomic E-state index is 15.0. The van der Waals surface area contributed by atoms with Gasteiger partial charge in [-0.15, -0.1) is 0 Å². The summed E-state index contributed by atoms with van der Waals surface area (Å²) in [5.41, 5.74) is -1.96. The van der Waals surface area contributed by atoms with Gasteiger partial charge in [-0.25, -0.2) is 30.7 Å². The van der Waals surface area contributed by atoms with Crippen LogP contribution in [-0.2, 0) is 21.2 Å². The van der Waals surface area contributed by atoms with Crippen molar-refractivity contribution in [3.05, 3.63) is 59.4 Å². The van der Waals surface area contributed by atoms with Crippen molar-refractivity contribution in [1.82, 2.24) is 9.62 Å². The minimum Gasteiger partial charge on any atom is -0.378 e. The summed E-state index contributed by atoms with van der Waals surface area (Å²) in [6.45, 7) is 0.619. The molecule has 0 aliphatic heterocycles. The highest BCUT2D eigenvalue weighted by Gasteiger charge is 2.41. The van der Waals surface area contributed by atoms with Gasteiger partial charge in [-0.2, -0.15) is 0 Å². The van der Waals surface area contributed by atoms with Crippen molar-refractivity contribution in [2.45, 2.75) is 68.0 Å². The smallest absolute Gasteiger partial charge is 0.271 e. The van der Waals surface area contributed by atoms with E-state index in [1.54, 1.807) is 16.9 Å². The fraction of sp³-hybridized carbons (Fsp3) is 0.500. The van der Waals surface area contributed by atoms with Crippen LogP contribution in [0.15, 0.2) is 41.3 Å². The highest BCUT2D eigenvalue weighted by Crippen LogP contribution is 2.33. The number of sulfonamides is 1. The Morgan fingerprint density at radius 3 is 2.16 bits per heavy atom. The third-order valence-corrected chi connectivity index (χ3v) is 7.88. The lowest BCUT2D eigenvalue weighted by Gasteiger charge is -2.27. The maximum atomic E-state index is 15.0. The zero-order valence-electron chi connectivity index (χ0n) is 21.0. The van der Waals surface area contributed by atoms with Crippen molar-refractivity contribution >= 4 is 21.6 Å². The average molecular weight is 544 g/mol. The first kappa shape index (κ1) is 28.9. The number of carbonyl (C=O) groups excluding carboxylic acids is 1. The predicted molar refractivity (Wildman–Crippen MR) is 134 cm³/mol. The fourth-order valence-electron chi connectivity index (χ4n) is 4.35. The molecule has 1 fully saturated rings. The SMILES string of the molecule is CN(C)CC[C@H](CCc1ccc(F)cc1)Nc1c(F)cc(S(=O)(=O)NC(=O)C2(F)CCCCC2)cc1F. The van der Waals surface area contributed by atoms with Crippen LogP contribution in [0, 0.1) is 17.5 Å². The van der Waals surface area contributed by atoms with E-state index in [0.717, 1.165) is 12.0 Å². The van der Waals surface area contributed by atoms with E-state index in [1.165, 1.54) is 12.1 Å². The van der Waals surface area contributed by atoms with E-state index in [1.807, 2.05) is 19.0 Å². The van der Waals surface area contributed by atoms with Gasteiger partial charge in [0, 0.05) is 6.04 Å². The van der Waals surface area contributed by atoms with Crippen molar-refractivity contribution in [3.63, 3.8) is 0 Å². The summed E-state index contributed by atoms with van der Waals surface area (Å²) in [7, 11) is -0.969. The molecule has 1 atom stereocenters. The molecular weight excluding hydrogens is 510 g/mol. The summed E-state index contributed by atoms with van der Waals surface area (Å²) < 4.78 is 84.9. The summed E-state index contributed by atoms with van der Waals surface area (Å²) in [6.07, 6.45) is 2.97. The number of rotatable bonds is 11. The Labute approximate surface area is 215 Å². The van der Waals surface area contributed by atoms with Gasteiger partial charge in [0.15, 0.2) is 17.3 Å². The quantitative estimate of drug-likeness (QED) is 0.393. The lowest BCUT2D eigenvalue weighted by Crippen LogP contribution is -2.46. The minimum absolute atomic E-state index is 0.105. The summed E-state index contributed by atoms with van der Waals surface area (Å²) in [5.74, 6) is -3.99. The van der Waals surface area contributed by atoms with Crippen LogP contribution in [0.4, 0.5) is 23.2 Å². The first-order chi connectivity index (χ1) is 17.4. The Morgan fingerprint density at radius 1 is 1.00 bits per heavy atom. The van der Waals surface area contributed by atoms with E-state index >= 15 is 0 Å². The predicted octanol–water partition coefficient (Wildman–Crippen LogP) is 4.95. The van der Waals surface area contributed by atoms with Gasteiger partial charge in [-0.3, -0.25) is 4.79 Å². The molecule has 37 heavy (non-hydrogen) atoms. The number of carbonyl (C=O) groups is 1. The molecule has 2 aromatic rings. The molecule has 6 nitrogen and oxygen atoms in total. The highest BCUT2D eigenvalue weighted by molar-refractivity contribution is 7.90. The number of halogens is 4. The third-order valence-electron chi connectivity index (χ3n) is 6.57. The number of benzene rings is 2. The Bertz CT molecular complexity index is 1160. The van der Waals surface area contributed by atoms with Gasteiger partial charge < -0.3 is 10.2 Å². The number of anilines is 1. The van der Waals surface area contributed by atoms with Crippen molar-refractivity contribution in [2.75, 3.05) is 26.0 Å². The first-order valence-corrected chi connectivity index (χ1v) is 13.8. The molecule has 0 unspecified atom stereocenters. The Hall–Kier alpha value is -2.66. The molecule has 0 aromatic heterocycles. The molecule has 2 aromatic carbocycles. The van der Waals surface area contributed by atoms with Gasteiger partial charge in [0.05, 0.1) is 4.90 Å². The van der Waals surface area contributed by atoms with E-state index in [-0.39, 0.29) is 24.7 Å². The molecule has 2 N–H and O–H groups in total. The number of nitrogens with one attached hydrogen (secondary N) is 2. The molecule has 0 spiro atoms. The Kier molecular flexibility index (Phi) is 9.57. The van der Waals surface area contributed by atoms with Crippen LogP contribution >= 0.6 is 0 Å². The van der Waals surface area contributed by atoms with Crippen LogP contribution < -0.4 is 10.0 Å². The van der Waals surface area contributed by atoms with Crippen LogP contribution in [0.1, 0.15) is 50.5 Å². The van der Waals surface area contributed by atoms with E-state index in [4.69, 9.17) is 0 Å². The van der Waals surface area contributed by atoms with E-state index in [2.05, 4.69) is 5.32 Å². The fourth-order valence-corrected chi connectivity index (χ4v) is 5.42. The molecule has 0 saturated heterocycles. The molecule has 1 saturated carbocycles. The van der Waals surface area contributed by atoms with Crippen molar-refractivity contribution in [2.24, 2.45) is 0 Å². The molecule has 1 aliphatic rings. The zero-order chi connectivity index (χ0) is 27.2. The average Bonchev–Trinajstić information content (AvgIpc) is 2.83. The van der Waals surface area contributed by atoms with Crippen molar-refractivity contribution in [3.8, 4) is 0 Å². The van der Waals surface area contributed by atoms with Crippen LogP contribution in [0.2, 0.25) is 0 Å². The normalized spacial score (nSPS) is 16.4. The maximum Gasteiger partial charge on any atom is 0.271 e. The van der Waals surface area contributed by atoms with Gasteiger partial charge in [-0.05, 0) is 95.4 Å². The highest BCUT2D eigenvalue weighted by atomic mass is 32.2. The van der Waals surface area contributed by atoms with Gasteiger partial charge in [0.2, 0.25) is 0 Å². The second-order valence-corrected chi connectivity index (χ2v) is 11.5. The number of aryl methyl sites for hydroxylation is 1. The molecule has 3 rings (SSSR count). The van der Waals surface area contributed by atoms with Gasteiger partial charge in [-0.1, -0.05) is 18.6 Å². The van der Waals surface area contributed by atoms with Gasteiger partial charge in [0.1, 0.15) is 11.5 Å². The number of hydrogen-bond donors (Lipinski definition) is 2. The van der Waals surface area contributed by atoms with Crippen LogP contribution in [-0.4, -0.2) is 51.6 Å². The molecule has 1 amide bonds. The largest absolute Gasteiger partial charge is 0.378 e. The van der Waals surface area contributed by atoms with Crippen molar-refractivity contribution in [1.29, 1.82) is 0 Å². The summed E-state index contributed by atoms with van der Waals surface area (Å²) in [5, 5.41) is 2.84. The Balaban J connectivity index is 1.75. The van der Waals surface area contributed by atoms with Crippen LogP contribution in [0.3, 0.4) is 0 Å². The molecule has 204 valence electrons. The summed E-state index contributed by atoms with van der Waals surface area (Å²) in [6, 6.07) is 6.80. The molecular formula is C26H33F4N3O3S. The number of nitrogens with zero attached hydrogens (tertiary/aromatic N) is 1. The van der Waals surface area contributed by atoms with Crippen LogP contribution in [0.5, 0.6) is 0 Å². The lowest BCUT2D eigenvalue weighted by atomic mass is 9.86. The van der Waals surface area contributed by atoms with Crippen molar-refractivity contribution < 1.29 is 30.8 Å². The first-order valence-electron chi connectivity index (χ1n) is 12.3. The molecule has 11 heteroatoms. The monoisotopic (exact) mass is 543 g/mol. The summed E-state index contributed by atoms with van der Waals surface area (Å²) in [4.78, 5) is 13.4. The minimum atomic E-state index is -4.69. The molecule has 1 aliphatic carbocycles. The topological polar surface area (TPSA) is 78.5 Å². The Morgan fingerprint density at radius 2 is 1.59 bits per heavy atom. The molecule has 0 bridgehead atoms. The third kappa shape index (κ3) is 7.91. The second-order valence-electron chi connectivity index (χ2n) is 9.82. The van der Waals surface area contributed by atoms with Crippen LogP contribution in [0.25, 0.3) is 0 Å². The lowest BCUT2D eigenvalue weighted by molar-refractivity contribution is -0.133. The second kappa shape index (κ2) is 12.3. The number of hydrogen-bond acceptors (Lipinski definition) is 5. The van der Waals surface area contributed by atoms with Gasteiger partial charge in [0.25, 0.3) is 15.9 Å². The number of alkyl halides is 1. The van der Waals surface area contributed by atoms with E-state index in [9.17, 15) is 30.8 Å². The number of amides is 1. The van der Waals surface area contributed by atoms with Gasteiger partial charge >= 0.3 is 0 Å². The zero-order valence-corrected chi connectivity index (χ0v) is 21.8.